The minimum Gasteiger partial charge on any atom is -0.475 e. The summed E-state index contributed by atoms with van der Waals surface area (Å²) >= 11 is 0. The second-order valence-corrected chi connectivity index (χ2v) is 8.24. The molecule has 2 unspecified atom stereocenters. The number of halogens is 6. The molecule has 2 aromatic heterocycles. The van der Waals surface area contributed by atoms with Gasteiger partial charge in [-0.25, -0.2) is 9.59 Å². The average Bonchev–Trinajstić information content (AvgIpc) is 3.48. The van der Waals surface area contributed by atoms with E-state index in [2.05, 4.69) is 16.0 Å². The highest BCUT2D eigenvalue weighted by molar-refractivity contribution is 5.95. The topological polar surface area (TPSA) is 124 Å². The number of carboxylic acids is 2. The molecule has 4 heterocycles. The smallest absolute Gasteiger partial charge is 0.475 e. The molecule has 2 aliphatic heterocycles. The van der Waals surface area contributed by atoms with Crippen LogP contribution >= 0.6 is 0 Å². The number of carbonyl (C=O) groups excluding carboxylic acids is 1. The second-order valence-electron chi connectivity index (χ2n) is 8.24. The summed E-state index contributed by atoms with van der Waals surface area (Å²) in [6, 6.07) is 7.83. The van der Waals surface area contributed by atoms with Crippen molar-refractivity contribution in [1.29, 1.82) is 0 Å². The van der Waals surface area contributed by atoms with Crippen molar-refractivity contribution >= 4 is 17.8 Å². The van der Waals surface area contributed by atoms with E-state index in [-0.39, 0.29) is 5.91 Å². The zero-order chi connectivity index (χ0) is 28.0. The number of aromatic nitrogens is 1. The van der Waals surface area contributed by atoms with Crippen molar-refractivity contribution in [3.8, 4) is 0 Å². The van der Waals surface area contributed by atoms with Crippen LogP contribution in [0.1, 0.15) is 21.8 Å². The fourth-order valence-electron chi connectivity index (χ4n) is 3.88. The summed E-state index contributed by atoms with van der Waals surface area (Å²) in [6.07, 6.45) is -6.73. The largest absolute Gasteiger partial charge is 0.490 e. The molecule has 2 fully saturated rings. The lowest BCUT2D eigenvalue weighted by molar-refractivity contribution is -0.193. The van der Waals surface area contributed by atoms with Gasteiger partial charge >= 0.3 is 24.3 Å². The standard InChI is InChI=1S/C18H21N3O2.2C2HF3O2/c1-13-17(5-7-23-13)18(22)21-10-14-8-20(9-15(14)11-21)12-16-4-2-3-6-19-16;2*3-2(4,5)1(6)7/h2-7,14-15H,8-12H2,1H3;2*(H,6,7). The molecule has 9 nitrogen and oxygen atoms in total. The number of pyridine rings is 1. The van der Waals surface area contributed by atoms with E-state index in [1.807, 2.05) is 30.2 Å². The molecule has 2 atom stereocenters. The molecule has 0 spiro atoms. The van der Waals surface area contributed by atoms with Crippen molar-refractivity contribution in [2.24, 2.45) is 11.8 Å². The van der Waals surface area contributed by atoms with Crippen LogP contribution < -0.4 is 0 Å². The van der Waals surface area contributed by atoms with Crippen LogP contribution in [0.5, 0.6) is 0 Å². The minimum absolute atomic E-state index is 0.113. The fourth-order valence-corrected chi connectivity index (χ4v) is 3.88. The lowest BCUT2D eigenvalue weighted by atomic mass is 10.0. The number of likely N-dealkylation sites (tertiary alicyclic amines) is 2. The SMILES string of the molecule is Cc1occc1C(=O)N1CC2CN(Cc3ccccn3)CC2C1.O=C(O)C(F)(F)F.O=C(O)C(F)(F)F. The number of rotatable bonds is 3. The number of carboxylic acid groups (broad SMARTS) is 2. The summed E-state index contributed by atoms with van der Waals surface area (Å²) < 4.78 is 68.7. The molecule has 204 valence electrons. The molecule has 15 heteroatoms. The monoisotopic (exact) mass is 539 g/mol. The second kappa shape index (κ2) is 12.1. The number of aliphatic carboxylic acids is 2. The molecule has 2 N–H and O–H groups in total. The van der Waals surface area contributed by atoms with Gasteiger partial charge in [0, 0.05) is 38.9 Å². The number of hydrogen-bond acceptors (Lipinski definition) is 6. The van der Waals surface area contributed by atoms with Crippen LogP contribution in [0.3, 0.4) is 0 Å². The van der Waals surface area contributed by atoms with Crippen LogP contribution in [0.25, 0.3) is 0 Å². The van der Waals surface area contributed by atoms with E-state index >= 15 is 0 Å². The molecule has 1 amide bonds. The maximum atomic E-state index is 12.6. The van der Waals surface area contributed by atoms with E-state index in [4.69, 9.17) is 24.2 Å². The zero-order valence-corrected chi connectivity index (χ0v) is 19.3. The summed E-state index contributed by atoms with van der Waals surface area (Å²) in [6.45, 7) is 6.56. The first-order chi connectivity index (χ1) is 17.1. The normalized spacial score (nSPS) is 19.3. The van der Waals surface area contributed by atoms with Gasteiger partial charge in [-0.3, -0.25) is 14.7 Å². The minimum atomic E-state index is -5.08. The number of hydrogen-bond donors (Lipinski definition) is 2. The Bertz CT molecular complexity index is 1030. The Kier molecular flexibility index (Phi) is 9.67. The summed E-state index contributed by atoms with van der Waals surface area (Å²) in [5.41, 5.74) is 1.82. The zero-order valence-electron chi connectivity index (χ0n) is 19.3. The first-order valence-electron chi connectivity index (χ1n) is 10.7. The van der Waals surface area contributed by atoms with Crippen molar-refractivity contribution < 1.29 is 55.4 Å². The Morgan fingerprint density at radius 2 is 1.46 bits per heavy atom. The number of alkyl halides is 6. The average molecular weight is 539 g/mol. The fraction of sp³-hybridized carbons (Fsp3) is 0.455. The lowest BCUT2D eigenvalue weighted by Gasteiger charge is -2.21. The summed E-state index contributed by atoms with van der Waals surface area (Å²) in [7, 11) is 0. The van der Waals surface area contributed by atoms with E-state index in [1.54, 1.807) is 12.3 Å². The Hall–Kier alpha value is -3.62. The third-order valence-corrected chi connectivity index (χ3v) is 5.54. The molecule has 2 aromatic rings. The van der Waals surface area contributed by atoms with Gasteiger partial charge in [-0.1, -0.05) is 6.07 Å². The maximum absolute atomic E-state index is 12.6. The first-order valence-corrected chi connectivity index (χ1v) is 10.7. The number of amides is 1. The predicted molar refractivity (Wildman–Crippen MR) is 113 cm³/mol. The van der Waals surface area contributed by atoms with E-state index in [0.29, 0.717) is 23.2 Å². The van der Waals surface area contributed by atoms with E-state index in [1.165, 1.54) is 0 Å². The van der Waals surface area contributed by atoms with Gasteiger partial charge in [-0.15, -0.1) is 0 Å². The van der Waals surface area contributed by atoms with Gasteiger partial charge in [0.15, 0.2) is 0 Å². The van der Waals surface area contributed by atoms with Crippen LogP contribution in [0, 0.1) is 18.8 Å². The summed E-state index contributed by atoms with van der Waals surface area (Å²) in [4.78, 5) is 39.2. The third kappa shape index (κ3) is 8.77. The van der Waals surface area contributed by atoms with Gasteiger partial charge in [-0.05, 0) is 37.0 Å². The van der Waals surface area contributed by atoms with E-state index in [0.717, 1.165) is 38.4 Å². The van der Waals surface area contributed by atoms with Crippen LogP contribution in [0.2, 0.25) is 0 Å². The van der Waals surface area contributed by atoms with Crippen LogP contribution in [0.4, 0.5) is 26.3 Å². The van der Waals surface area contributed by atoms with Gasteiger partial charge in [0.1, 0.15) is 5.76 Å². The number of aryl methyl sites for hydroxylation is 1. The lowest BCUT2D eigenvalue weighted by Crippen LogP contribution is -2.33. The number of fused-ring (bicyclic) bond motifs is 1. The van der Waals surface area contributed by atoms with Crippen molar-refractivity contribution in [2.75, 3.05) is 26.2 Å². The molecule has 2 saturated heterocycles. The molecule has 4 rings (SSSR count). The molecular formula is C22H23F6N3O6. The highest BCUT2D eigenvalue weighted by Crippen LogP contribution is 2.32. The maximum Gasteiger partial charge on any atom is 0.490 e. The van der Waals surface area contributed by atoms with Crippen molar-refractivity contribution in [2.45, 2.75) is 25.8 Å². The predicted octanol–water partition coefficient (Wildman–Crippen LogP) is 3.45. The summed E-state index contributed by atoms with van der Waals surface area (Å²) in [5, 5.41) is 14.2. The quantitative estimate of drug-likeness (QED) is 0.569. The Labute approximate surface area is 206 Å². The number of carbonyl (C=O) groups is 3. The van der Waals surface area contributed by atoms with Crippen LogP contribution in [-0.2, 0) is 16.1 Å². The van der Waals surface area contributed by atoms with Crippen molar-refractivity contribution in [3.05, 3.63) is 53.7 Å². The molecule has 0 saturated carbocycles. The van der Waals surface area contributed by atoms with Crippen LogP contribution in [-0.4, -0.2) is 81.4 Å². The Morgan fingerprint density at radius 1 is 0.946 bits per heavy atom. The highest BCUT2D eigenvalue weighted by Gasteiger charge is 2.42. The van der Waals surface area contributed by atoms with E-state index < -0.39 is 24.3 Å². The highest BCUT2D eigenvalue weighted by atomic mass is 19.4. The Balaban J connectivity index is 0.000000286. The molecule has 37 heavy (non-hydrogen) atoms. The van der Waals surface area contributed by atoms with E-state index in [9.17, 15) is 31.1 Å². The Morgan fingerprint density at radius 3 is 1.84 bits per heavy atom. The van der Waals surface area contributed by atoms with Gasteiger partial charge in [0.2, 0.25) is 0 Å². The number of furan rings is 1. The molecule has 2 aliphatic rings. The number of nitrogens with zero attached hydrogens (tertiary/aromatic N) is 3. The van der Waals surface area contributed by atoms with Gasteiger partial charge in [0.05, 0.1) is 17.5 Å². The van der Waals surface area contributed by atoms with Gasteiger partial charge in [-0.2, -0.15) is 26.3 Å². The molecule has 0 aliphatic carbocycles. The molecule has 0 radical (unpaired) electrons. The van der Waals surface area contributed by atoms with Gasteiger partial charge < -0.3 is 19.5 Å². The summed E-state index contributed by atoms with van der Waals surface area (Å²) in [5.74, 6) is -3.53. The van der Waals surface area contributed by atoms with Crippen molar-refractivity contribution in [1.82, 2.24) is 14.8 Å². The molecule has 0 bridgehead atoms. The van der Waals surface area contributed by atoms with Crippen molar-refractivity contribution in [3.63, 3.8) is 0 Å². The first kappa shape index (κ1) is 29.6. The molecule has 0 aromatic carbocycles. The van der Waals surface area contributed by atoms with Crippen LogP contribution in [0.15, 0.2) is 41.1 Å². The molecular weight excluding hydrogens is 516 g/mol. The van der Waals surface area contributed by atoms with Gasteiger partial charge in [0.25, 0.3) is 5.91 Å². The third-order valence-electron chi connectivity index (χ3n) is 5.54.